The number of hydrogen-bond donors (Lipinski definition) is 3. The maximum absolute atomic E-state index is 12.7. The molecular formula is C22H22ClN3O4S2. The number of benzene rings is 3. The van der Waals surface area contributed by atoms with E-state index in [1.165, 1.54) is 19.2 Å². The Labute approximate surface area is 197 Å². The third-order valence-corrected chi connectivity index (χ3v) is 6.09. The summed E-state index contributed by atoms with van der Waals surface area (Å²) in [5.74, 6) is 1.09. The largest absolute Gasteiger partial charge is 0.495 e. The fraction of sp³-hybridized carbons (Fsp3) is 0.136. The van der Waals surface area contributed by atoms with Crippen LogP contribution in [0.5, 0.6) is 11.5 Å². The first-order valence-corrected chi connectivity index (χ1v) is 11.8. The van der Waals surface area contributed by atoms with Crippen LogP contribution in [0.15, 0.2) is 71.6 Å². The molecule has 0 heterocycles. The molecule has 10 heteroatoms. The summed E-state index contributed by atoms with van der Waals surface area (Å²) < 4.78 is 38.8. The van der Waals surface area contributed by atoms with Crippen molar-refractivity contribution in [2.75, 3.05) is 29.1 Å². The third-order valence-electron chi connectivity index (χ3n) is 4.25. The molecule has 0 unspecified atom stereocenters. The maximum atomic E-state index is 12.7. The Kier molecular flexibility index (Phi) is 7.79. The van der Waals surface area contributed by atoms with E-state index >= 15 is 0 Å². The number of rotatable bonds is 8. The molecule has 0 atom stereocenters. The molecule has 3 N–H and O–H groups in total. The normalized spacial score (nSPS) is 10.8. The summed E-state index contributed by atoms with van der Waals surface area (Å²) >= 11 is 11.2. The molecule has 3 rings (SSSR count). The SMILES string of the molecule is CCOc1ccc(NC(=S)Nc2ccc(S(=O)(=O)Nc3ccc(Cl)cc3)cc2OC)cc1. The molecule has 0 aliphatic heterocycles. The van der Waals surface area contributed by atoms with Crippen LogP contribution in [0.2, 0.25) is 5.02 Å². The average molecular weight is 492 g/mol. The van der Waals surface area contributed by atoms with Gasteiger partial charge in [-0.3, -0.25) is 4.72 Å². The highest BCUT2D eigenvalue weighted by Gasteiger charge is 2.17. The van der Waals surface area contributed by atoms with Gasteiger partial charge in [0.15, 0.2) is 5.11 Å². The maximum Gasteiger partial charge on any atom is 0.262 e. The molecule has 0 saturated carbocycles. The molecule has 0 aliphatic rings. The summed E-state index contributed by atoms with van der Waals surface area (Å²) in [5.41, 5.74) is 1.69. The van der Waals surface area contributed by atoms with E-state index in [1.807, 2.05) is 31.2 Å². The molecular weight excluding hydrogens is 470 g/mol. The summed E-state index contributed by atoms with van der Waals surface area (Å²) in [7, 11) is -2.37. The van der Waals surface area contributed by atoms with E-state index < -0.39 is 10.0 Å². The van der Waals surface area contributed by atoms with Crippen LogP contribution in [0, 0.1) is 0 Å². The first-order valence-electron chi connectivity index (χ1n) is 9.58. The van der Waals surface area contributed by atoms with Crippen LogP contribution < -0.4 is 24.8 Å². The van der Waals surface area contributed by atoms with Gasteiger partial charge in [0.1, 0.15) is 11.5 Å². The zero-order valence-corrected chi connectivity index (χ0v) is 19.8. The molecule has 3 aromatic carbocycles. The number of thiocarbonyl (C=S) groups is 1. The van der Waals surface area contributed by atoms with Crippen LogP contribution in [0.1, 0.15) is 6.92 Å². The molecule has 0 amide bonds. The van der Waals surface area contributed by atoms with Crippen LogP contribution >= 0.6 is 23.8 Å². The molecule has 0 fully saturated rings. The topological polar surface area (TPSA) is 88.7 Å². The lowest BCUT2D eigenvalue weighted by Crippen LogP contribution is -2.20. The van der Waals surface area contributed by atoms with Crippen molar-refractivity contribution >= 4 is 56.0 Å². The number of methoxy groups -OCH3 is 1. The molecule has 0 aromatic heterocycles. The van der Waals surface area contributed by atoms with Crippen LogP contribution in [0.4, 0.5) is 17.1 Å². The molecule has 0 saturated heterocycles. The van der Waals surface area contributed by atoms with E-state index in [1.54, 1.807) is 30.3 Å². The predicted octanol–water partition coefficient (Wildman–Crippen LogP) is 5.36. The zero-order valence-electron chi connectivity index (χ0n) is 17.4. The number of halogens is 1. The minimum absolute atomic E-state index is 0.0419. The average Bonchev–Trinajstić information content (AvgIpc) is 2.77. The molecule has 0 bridgehead atoms. The van der Waals surface area contributed by atoms with Crippen molar-refractivity contribution in [3.63, 3.8) is 0 Å². The van der Waals surface area contributed by atoms with Crippen molar-refractivity contribution < 1.29 is 17.9 Å². The van der Waals surface area contributed by atoms with Gasteiger partial charge in [0.05, 0.1) is 24.3 Å². The third kappa shape index (κ3) is 6.25. The number of hydrogen-bond acceptors (Lipinski definition) is 5. The van der Waals surface area contributed by atoms with Crippen LogP contribution in [0.3, 0.4) is 0 Å². The summed E-state index contributed by atoms with van der Waals surface area (Å²) in [6.45, 7) is 2.51. The molecule has 168 valence electrons. The van der Waals surface area contributed by atoms with Crippen molar-refractivity contribution in [1.29, 1.82) is 0 Å². The fourth-order valence-corrected chi connectivity index (χ4v) is 4.19. The lowest BCUT2D eigenvalue weighted by Gasteiger charge is -2.15. The first kappa shape index (κ1) is 23.6. The van der Waals surface area contributed by atoms with Crippen molar-refractivity contribution in [3.8, 4) is 11.5 Å². The molecule has 0 aliphatic carbocycles. The summed E-state index contributed by atoms with van der Waals surface area (Å²) in [6, 6.07) is 18.2. The van der Waals surface area contributed by atoms with Gasteiger partial charge in [-0.05, 0) is 79.8 Å². The summed E-state index contributed by atoms with van der Waals surface area (Å²) in [4.78, 5) is 0.0419. The fourth-order valence-electron chi connectivity index (χ4n) is 2.76. The molecule has 0 spiro atoms. The Bertz CT molecular complexity index is 1180. The van der Waals surface area contributed by atoms with Crippen LogP contribution in [0.25, 0.3) is 0 Å². The van der Waals surface area contributed by atoms with Gasteiger partial charge in [0.2, 0.25) is 0 Å². The minimum atomic E-state index is -3.82. The standard InChI is InChI=1S/C22H22ClN3O4S2/c1-3-30-18-10-8-16(9-11-18)24-22(31)25-20-13-12-19(14-21(20)29-2)32(27,28)26-17-6-4-15(23)5-7-17/h4-14,26H,3H2,1-2H3,(H2,24,25,31). The molecule has 32 heavy (non-hydrogen) atoms. The van der Waals surface area contributed by atoms with E-state index in [2.05, 4.69) is 15.4 Å². The second-order valence-corrected chi connectivity index (χ2v) is 9.04. The van der Waals surface area contributed by atoms with Gasteiger partial charge in [-0.1, -0.05) is 11.6 Å². The lowest BCUT2D eigenvalue weighted by atomic mass is 10.3. The highest BCUT2D eigenvalue weighted by molar-refractivity contribution is 7.92. The monoisotopic (exact) mass is 491 g/mol. The molecule has 7 nitrogen and oxygen atoms in total. The van der Waals surface area contributed by atoms with E-state index in [4.69, 9.17) is 33.3 Å². The van der Waals surface area contributed by atoms with Gasteiger partial charge in [0.25, 0.3) is 10.0 Å². The summed E-state index contributed by atoms with van der Waals surface area (Å²) in [6.07, 6.45) is 0. The number of ether oxygens (including phenoxy) is 2. The minimum Gasteiger partial charge on any atom is -0.495 e. The van der Waals surface area contributed by atoms with E-state index in [0.29, 0.717) is 33.9 Å². The Morgan fingerprint density at radius 1 is 0.969 bits per heavy atom. The van der Waals surface area contributed by atoms with Crippen LogP contribution in [-0.2, 0) is 10.0 Å². The number of sulfonamides is 1. The van der Waals surface area contributed by atoms with Gasteiger partial charge in [-0.15, -0.1) is 0 Å². The van der Waals surface area contributed by atoms with E-state index in [9.17, 15) is 8.42 Å². The predicted molar refractivity (Wildman–Crippen MR) is 133 cm³/mol. The second-order valence-electron chi connectivity index (χ2n) is 6.51. The van der Waals surface area contributed by atoms with Gasteiger partial charge >= 0.3 is 0 Å². The zero-order chi connectivity index (χ0) is 23.1. The van der Waals surface area contributed by atoms with Gasteiger partial charge in [0, 0.05) is 22.5 Å². The van der Waals surface area contributed by atoms with Gasteiger partial charge in [-0.25, -0.2) is 8.42 Å². The Morgan fingerprint density at radius 2 is 1.62 bits per heavy atom. The first-order chi connectivity index (χ1) is 15.3. The van der Waals surface area contributed by atoms with E-state index in [0.717, 1.165) is 11.4 Å². The van der Waals surface area contributed by atoms with Gasteiger partial charge < -0.3 is 20.1 Å². The molecule has 0 radical (unpaired) electrons. The van der Waals surface area contributed by atoms with Crippen molar-refractivity contribution in [3.05, 3.63) is 71.8 Å². The number of anilines is 3. The highest BCUT2D eigenvalue weighted by atomic mass is 35.5. The highest BCUT2D eigenvalue weighted by Crippen LogP contribution is 2.29. The van der Waals surface area contributed by atoms with Crippen LogP contribution in [-0.4, -0.2) is 27.2 Å². The second kappa shape index (κ2) is 10.5. The van der Waals surface area contributed by atoms with Gasteiger partial charge in [-0.2, -0.15) is 0 Å². The lowest BCUT2D eigenvalue weighted by molar-refractivity contribution is 0.340. The Hall–Kier alpha value is -3.01. The Morgan fingerprint density at radius 3 is 2.25 bits per heavy atom. The summed E-state index contributed by atoms with van der Waals surface area (Å²) in [5, 5.41) is 6.91. The van der Waals surface area contributed by atoms with Crippen molar-refractivity contribution in [1.82, 2.24) is 0 Å². The Balaban J connectivity index is 1.71. The van der Waals surface area contributed by atoms with E-state index in [-0.39, 0.29) is 4.90 Å². The van der Waals surface area contributed by atoms with Crippen molar-refractivity contribution in [2.24, 2.45) is 0 Å². The smallest absolute Gasteiger partial charge is 0.262 e. The molecule has 3 aromatic rings. The quantitative estimate of drug-likeness (QED) is 0.366. The number of nitrogens with one attached hydrogen (secondary N) is 3. The van der Waals surface area contributed by atoms with Crippen molar-refractivity contribution in [2.45, 2.75) is 11.8 Å².